The van der Waals surface area contributed by atoms with Gasteiger partial charge in [-0.2, -0.15) is 0 Å². The number of primary amides is 1. The molecule has 3 nitrogen and oxygen atoms in total. The van der Waals surface area contributed by atoms with Gasteiger partial charge in [-0.15, -0.1) is 0 Å². The number of unbranched alkanes of at least 4 members (excludes halogenated alkanes) is 15. The Labute approximate surface area is 163 Å². The number of nitrogens with two attached hydrogens (primary N) is 1. The molecule has 0 aromatic rings. The molecular formula is C23H45NO2. The van der Waals surface area contributed by atoms with Gasteiger partial charge in [0.1, 0.15) is 5.76 Å². The molecule has 0 aromatic heterocycles. The molecule has 0 atom stereocenters. The minimum Gasteiger partial charge on any atom is -0.498 e. The first-order valence-electron chi connectivity index (χ1n) is 11.2. The van der Waals surface area contributed by atoms with Crippen LogP contribution in [0.1, 0.15) is 124 Å². The van der Waals surface area contributed by atoms with Crippen molar-refractivity contribution >= 4 is 5.91 Å². The van der Waals surface area contributed by atoms with Crippen LogP contribution in [0.5, 0.6) is 0 Å². The Morgan fingerprint density at radius 2 is 1.00 bits per heavy atom. The molecule has 154 valence electrons. The first-order chi connectivity index (χ1) is 12.6. The molecule has 26 heavy (non-hydrogen) atoms. The molecule has 1 amide bonds. The molecule has 0 radical (unpaired) electrons. The van der Waals surface area contributed by atoms with Crippen LogP contribution in [0.4, 0.5) is 0 Å². The van der Waals surface area contributed by atoms with Gasteiger partial charge in [-0.05, 0) is 20.3 Å². The second-order valence-corrected chi connectivity index (χ2v) is 7.70. The highest BCUT2D eigenvalue weighted by molar-refractivity contribution is 5.91. The van der Waals surface area contributed by atoms with Crippen LogP contribution in [0.25, 0.3) is 0 Å². The lowest BCUT2D eigenvalue weighted by atomic mass is 10.0. The second kappa shape index (κ2) is 18.8. The lowest BCUT2D eigenvalue weighted by Crippen LogP contribution is -2.14. The van der Waals surface area contributed by atoms with E-state index in [2.05, 4.69) is 6.92 Å². The van der Waals surface area contributed by atoms with E-state index in [1.165, 1.54) is 96.3 Å². The highest BCUT2D eigenvalue weighted by Crippen LogP contribution is 2.14. The maximum atomic E-state index is 11.0. The van der Waals surface area contributed by atoms with Crippen molar-refractivity contribution in [2.45, 2.75) is 124 Å². The van der Waals surface area contributed by atoms with Gasteiger partial charge in [0.2, 0.25) is 5.91 Å². The molecule has 2 N–H and O–H groups in total. The Balaban J connectivity index is 3.20. The molecule has 0 aliphatic rings. The average Bonchev–Trinajstić information content (AvgIpc) is 2.63. The fourth-order valence-corrected chi connectivity index (χ4v) is 3.16. The van der Waals surface area contributed by atoms with Gasteiger partial charge in [0, 0.05) is 0 Å². The molecule has 0 bridgehead atoms. The van der Waals surface area contributed by atoms with E-state index in [-0.39, 0.29) is 0 Å². The molecule has 0 heterocycles. The summed E-state index contributed by atoms with van der Waals surface area (Å²) in [5.41, 5.74) is 5.76. The van der Waals surface area contributed by atoms with Crippen LogP contribution >= 0.6 is 0 Å². The van der Waals surface area contributed by atoms with Crippen molar-refractivity contribution in [1.29, 1.82) is 0 Å². The Morgan fingerprint density at radius 3 is 1.35 bits per heavy atom. The fraction of sp³-hybridized carbons (Fsp3) is 0.870. The topological polar surface area (TPSA) is 52.3 Å². The first kappa shape index (κ1) is 25.0. The number of ether oxygens (including phenoxy) is 1. The summed E-state index contributed by atoms with van der Waals surface area (Å²) in [6.07, 6.45) is 21.9. The summed E-state index contributed by atoms with van der Waals surface area (Å²) >= 11 is 0. The molecular weight excluding hydrogens is 322 g/mol. The van der Waals surface area contributed by atoms with Crippen LogP contribution in [-0.2, 0) is 9.53 Å². The Hall–Kier alpha value is -0.990. The van der Waals surface area contributed by atoms with Crippen molar-refractivity contribution in [2.24, 2.45) is 5.73 Å². The number of carbonyl (C=O) groups excluding carboxylic acids is 1. The number of rotatable bonds is 19. The standard InChI is InChI=1S/C23H45NO2/c1-4-5-6-7-8-9-10-11-12-13-14-15-16-17-18-19-20-26-22(3)21(2)23(24)25/h4-20H2,1-3H3,(H2,24,25)/b22-21+. The van der Waals surface area contributed by atoms with E-state index in [1.54, 1.807) is 6.92 Å². The third-order valence-electron chi connectivity index (χ3n) is 5.21. The molecule has 3 heteroatoms. The normalized spacial score (nSPS) is 12.1. The zero-order valence-corrected chi connectivity index (χ0v) is 17.9. The summed E-state index contributed by atoms with van der Waals surface area (Å²) in [7, 11) is 0. The van der Waals surface area contributed by atoms with E-state index < -0.39 is 5.91 Å². The molecule has 0 aliphatic carbocycles. The Bertz CT molecular complexity index is 363. The number of amides is 1. The van der Waals surface area contributed by atoms with E-state index in [0.29, 0.717) is 17.9 Å². The van der Waals surface area contributed by atoms with Crippen molar-refractivity contribution < 1.29 is 9.53 Å². The average molecular weight is 368 g/mol. The molecule has 0 saturated heterocycles. The summed E-state index contributed by atoms with van der Waals surface area (Å²) in [5, 5.41) is 0. The molecule has 0 aromatic carbocycles. The van der Waals surface area contributed by atoms with Crippen molar-refractivity contribution in [2.75, 3.05) is 6.61 Å². The third kappa shape index (κ3) is 16.5. The summed E-state index contributed by atoms with van der Waals surface area (Å²) in [4.78, 5) is 11.0. The number of hydrogen-bond donors (Lipinski definition) is 1. The van der Waals surface area contributed by atoms with Crippen molar-refractivity contribution in [1.82, 2.24) is 0 Å². The third-order valence-corrected chi connectivity index (χ3v) is 5.21. The summed E-state index contributed by atoms with van der Waals surface area (Å²) < 4.78 is 5.56. The maximum absolute atomic E-state index is 11.0. The number of hydrogen-bond acceptors (Lipinski definition) is 2. The molecule has 0 unspecified atom stereocenters. The van der Waals surface area contributed by atoms with Crippen LogP contribution in [0, 0.1) is 0 Å². The van der Waals surface area contributed by atoms with Gasteiger partial charge in [-0.25, -0.2) is 0 Å². The van der Waals surface area contributed by atoms with Gasteiger partial charge in [0.25, 0.3) is 0 Å². The van der Waals surface area contributed by atoms with E-state index in [4.69, 9.17) is 10.5 Å². The van der Waals surface area contributed by atoms with Crippen molar-refractivity contribution in [3.8, 4) is 0 Å². The van der Waals surface area contributed by atoms with Crippen LogP contribution in [0.2, 0.25) is 0 Å². The highest BCUT2D eigenvalue weighted by atomic mass is 16.5. The Morgan fingerprint density at radius 1 is 0.654 bits per heavy atom. The molecule has 0 rings (SSSR count). The van der Waals surface area contributed by atoms with Gasteiger partial charge in [-0.1, -0.05) is 103 Å². The fourth-order valence-electron chi connectivity index (χ4n) is 3.16. The quantitative estimate of drug-likeness (QED) is 0.151. The monoisotopic (exact) mass is 367 g/mol. The zero-order chi connectivity index (χ0) is 19.5. The van der Waals surface area contributed by atoms with Crippen molar-refractivity contribution in [3.63, 3.8) is 0 Å². The predicted octanol–water partition coefficient (Wildman–Crippen LogP) is 7.04. The van der Waals surface area contributed by atoms with E-state index in [0.717, 1.165) is 6.42 Å². The van der Waals surface area contributed by atoms with Gasteiger partial charge in [0.05, 0.1) is 12.2 Å². The van der Waals surface area contributed by atoms with E-state index in [9.17, 15) is 4.79 Å². The lowest BCUT2D eigenvalue weighted by Gasteiger charge is -2.08. The van der Waals surface area contributed by atoms with Gasteiger partial charge in [0.15, 0.2) is 0 Å². The van der Waals surface area contributed by atoms with Crippen molar-refractivity contribution in [3.05, 3.63) is 11.3 Å². The summed E-state index contributed by atoms with van der Waals surface area (Å²) in [6.45, 7) is 6.50. The maximum Gasteiger partial charge on any atom is 0.247 e. The van der Waals surface area contributed by atoms with Crippen LogP contribution in [-0.4, -0.2) is 12.5 Å². The minimum atomic E-state index is -0.394. The van der Waals surface area contributed by atoms with Crippen LogP contribution < -0.4 is 5.73 Å². The molecule has 0 fully saturated rings. The largest absolute Gasteiger partial charge is 0.498 e. The zero-order valence-electron chi connectivity index (χ0n) is 17.9. The molecule has 0 spiro atoms. The van der Waals surface area contributed by atoms with E-state index in [1.807, 2.05) is 6.92 Å². The summed E-state index contributed by atoms with van der Waals surface area (Å²) in [5.74, 6) is 0.271. The summed E-state index contributed by atoms with van der Waals surface area (Å²) in [6, 6.07) is 0. The predicted molar refractivity (Wildman–Crippen MR) is 113 cm³/mol. The second-order valence-electron chi connectivity index (χ2n) is 7.70. The molecule has 0 saturated carbocycles. The smallest absolute Gasteiger partial charge is 0.247 e. The number of allylic oxidation sites excluding steroid dienone is 1. The minimum absolute atomic E-state index is 0.394. The molecule has 0 aliphatic heterocycles. The van der Waals surface area contributed by atoms with Crippen LogP contribution in [0.3, 0.4) is 0 Å². The Kier molecular flexibility index (Phi) is 18.1. The first-order valence-corrected chi connectivity index (χ1v) is 11.2. The lowest BCUT2D eigenvalue weighted by molar-refractivity contribution is -0.114. The van der Waals surface area contributed by atoms with E-state index >= 15 is 0 Å². The van der Waals surface area contributed by atoms with Gasteiger partial charge >= 0.3 is 0 Å². The van der Waals surface area contributed by atoms with Crippen LogP contribution in [0.15, 0.2) is 11.3 Å². The van der Waals surface area contributed by atoms with Gasteiger partial charge in [-0.3, -0.25) is 4.79 Å². The van der Waals surface area contributed by atoms with Gasteiger partial charge < -0.3 is 10.5 Å². The highest BCUT2D eigenvalue weighted by Gasteiger charge is 2.03. The SMILES string of the molecule is CCCCCCCCCCCCCCCCCCO/C(C)=C(\C)C(N)=O. The number of carbonyl (C=O) groups is 1.